The van der Waals surface area contributed by atoms with Crippen LogP contribution in [0.25, 0.3) is 10.9 Å². The summed E-state index contributed by atoms with van der Waals surface area (Å²) in [7, 11) is 7.96. The van der Waals surface area contributed by atoms with E-state index in [0.29, 0.717) is 46.2 Å². The molecular weight excluding hydrogens is 554 g/mol. The largest absolute Gasteiger partial charge is 0.493 e. The van der Waals surface area contributed by atoms with Gasteiger partial charge in [-0.3, -0.25) is 4.90 Å². The minimum Gasteiger partial charge on any atom is -0.493 e. The lowest BCUT2D eigenvalue weighted by atomic mass is 10.1. The average Bonchev–Trinajstić information content (AvgIpc) is 3.52. The molecule has 1 aromatic heterocycles. The van der Waals surface area contributed by atoms with Gasteiger partial charge in [-0.25, -0.2) is 4.98 Å². The Kier molecular flexibility index (Phi) is 8.01. The number of rotatable bonds is 10. The van der Waals surface area contributed by atoms with Crippen LogP contribution in [0.4, 0.5) is 17.5 Å². The quantitative estimate of drug-likeness (QED) is 0.282. The fourth-order valence-corrected chi connectivity index (χ4v) is 5.37. The number of nitrogens with one attached hydrogen (secondary N) is 1. The highest BCUT2D eigenvalue weighted by Crippen LogP contribution is 2.42. The van der Waals surface area contributed by atoms with Gasteiger partial charge >= 0.3 is 0 Å². The predicted molar refractivity (Wildman–Crippen MR) is 162 cm³/mol. The van der Waals surface area contributed by atoms with Gasteiger partial charge in [0.25, 0.3) is 0 Å². The van der Waals surface area contributed by atoms with Gasteiger partial charge in [-0.2, -0.15) is 4.98 Å². The number of anilines is 3. The summed E-state index contributed by atoms with van der Waals surface area (Å²) in [5, 5.41) is 4.23. The average molecular weight is 590 g/mol. The van der Waals surface area contributed by atoms with Crippen LogP contribution in [-0.2, 0) is 6.54 Å². The maximum atomic E-state index is 5.59. The summed E-state index contributed by atoms with van der Waals surface area (Å²) in [5.41, 5.74) is 2.63. The molecule has 0 saturated carbocycles. The Balaban J connectivity index is 1.29. The third-order valence-corrected chi connectivity index (χ3v) is 7.62. The number of methoxy groups -OCH3 is 5. The Bertz CT molecular complexity index is 1600. The second-order valence-electron chi connectivity index (χ2n) is 10.1. The number of ether oxygens (including phenoxy) is 7. The van der Waals surface area contributed by atoms with E-state index < -0.39 is 0 Å². The fourth-order valence-electron chi connectivity index (χ4n) is 5.37. The SMILES string of the molecule is COc1cc2nc(N3CCN(Cc4ccc5c(c4)OCO5)CC3)nc(Nc3cc(OC)c(OC)c(OC)c3)c2cc1OC. The smallest absolute Gasteiger partial charge is 0.231 e. The first-order chi connectivity index (χ1) is 21.0. The number of benzene rings is 3. The Labute approximate surface area is 250 Å². The maximum absolute atomic E-state index is 5.59. The van der Waals surface area contributed by atoms with Crippen molar-refractivity contribution >= 4 is 28.4 Å². The molecule has 0 radical (unpaired) electrons. The van der Waals surface area contributed by atoms with Gasteiger partial charge in [0, 0.05) is 62.0 Å². The van der Waals surface area contributed by atoms with E-state index in [0.717, 1.165) is 55.1 Å². The van der Waals surface area contributed by atoms with Crippen molar-refractivity contribution in [3.05, 3.63) is 48.0 Å². The van der Waals surface area contributed by atoms with E-state index in [2.05, 4.69) is 27.2 Å². The van der Waals surface area contributed by atoms with Gasteiger partial charge in [-0.1, -0.05) is 6.07 Å². The second kappa shape index (κ2) is 12.2. The minimum absolute atomic E-state index is 0.276. The van der Waals surface area contributed by atoms with Crippen LogP contribution < -0.4 is 43.4 Å². The molecule has 0 spiro atoms. The Morgan fingerprint density at radius 3 is 2.07 bits per heavy atom. The summed E-state index contributed by atoms with van der Waals surface area (Å²) in [6.45, 7) is 4.36. The van der Waals surface area contributed by atoms with Crippen molar-refractivity contribution in [2.45, 2.75) is 6.54 Å². The third-order valence-electron chi connectivity index (χ3n) is 7.62. The molecule has 0 atom stereocenters. The van der Waals surface area contributed by atoms with Crippen LogP contribution in [0.15, 0.2) is 42.5 Å². The molecule has 2 aliphatic rings. The lowest BCUT2D eigenvalue weighted by Gasteiger charge is -2.35. The van der Waals surface area contributed by atoms with Gasteiger partial charge in [-0.05, 0) is 23.8 Å². The first kappa shape index (κ1) is 28.3. The van der Waals surface area contributed by atoms with Gasteiger partial charge in [-0.15, -0.1) is 0 Å². The van der Waals surface area contributed by atoms with Gasteiger partial charge in [0.1, 0.15) is 5.82 Å². The zero-order chi connectivity index (χ0) is 29.9. The van der Waals surface area contributed by atoms with Gasteiger partial charge in [0.15, 0.2) is 34.5 Å². The summed E-state index contributed by atoms with van der Waals surface area (Å²) in [6, 6.07) is 13.5. The molecule has 6 rings (SSSR count). The zero-order valence-corrected chi connectivity index (χ0v) is 24.9. The van der Waals surface area contributed by atoms with Crippen LogP contribution in [0.3, 0.4) is 0 Å². The lowest BCUT2D eigenvalue weighted by Crippen LogP contribution is -2.46. The normalized spacial score (nSPS) is 14.5. The molecule has 1 fully saturated rings. The van der Waals surface area contributed by atoms with Crippen molar-refractivity contribution in [1.82, 2.24) is 14.9 Å². The molecule has 3 aromatic carbocycles. The standard InChI is InChI=1S/C31H35N5O7/c1-37-24-15-21-22(16-25(24)38-2)33-31(34-30(21)32-20-13-27(39-3)29(41-5)28(14-20)40-4)36-10-8-35(9-11-36)17-19-6-7-23-26(12-19)43-18-42-23/h6-7,12-16H,8-11,17-18H2,1-5H3,(H,32,33,34). The van der Waals surface area contributed by atoms with Crippen LogP contribution in [0.2, 0.25) is 0 Å². The molecule has 12 heteroatoms. The van der Waals surface area contributed by atoms with Crippen LogP contribution in [0, 0.1) is 0 Å². The monoisotopic (exact) mass is 589 g/mol. The summed E-state index contributed by atoms with van der Waals surface area (Å²) in [4.78, 5) is 14.6. The van der Waals surface area contributed by atoms with Crippen molar-refractivity contribution in [2.75, 3.05) is 78.7 Å². The third kappa shape index (κ3) is 5.65. The van der Waals surface area contributed by atoms with Crippen molar-refractivity contribution in [1.29, 1.82) is 0 Å². The van der Waals surface area contributed by atoms with Crippen molar-refractivity contribution in [2.24, 2.45) is 0 Å². The molecule has 2 aliphatic heterocycles. The summed E-state index contributed by atoms with van der Waals surface area (Å²) in [6.07, 6.45) is 0. The minimum atomic E-state index is 0.276. The second-order valence-corrected chi connectivity index (χ2v) is 10.1. The van der Waals surface area contributed by atoms with Crippen molar-refractivity contribution < 1.29 is 33.2 Å². The zero-order valence-electron chi connectivity index (χ0n) is 24.9. The number of aromatic nitrogens is 2. The molecule has 1 saturated heterocycles. The van der Waals surface area contributed by atoms with Crippen molar-refractivity contribution in [3.63, 3.8) is 0 Å². The van der Waals surface area contributed by atoms with Crippen LogP contribution >= 0.6 is 0 Å². The van der Waals surface area contributed by atoms with Crippen LogP contribution in [-0.4, -0.2) is 83.4 Å². The Morgan fingerprint density at radius 2 is 1.40 bits per heavy atom. The van der Waals surface area contributed by atoms with Gasteiger partial charge in [0.05, 0.1) is 41.1 Å². The molecule has 0 amide bonds. The molecule has 226 valence electrons. The number of hydrogen-bond donors (Lipinski definition) is 1. The maximum Gasteiger partial charge on any atom is 0.231 e. The number of piperazine rings is 1. The lowest BCUT2D eigenvalue weighted by molar-refractivity contribution is 0.174. The van der Waals surface area contributed by atoms with E-state index in [9.17, 15) is 0 Å². The van der Waals surface area contributed by atoms with Crippen molar-refractivity contribution in [3.8, 4) is 40.2 Å². The number of hydrogen-bond acceptors (Lipinski definition) is 12. The molecule has 43 heavy (non-hydrogen) atoms. The fraction of sp³-hybridized carbons (Fsp3) is 0.355. The van der Waals surface area contributed by atoms with Gasteiger partial charge < -0.3 is 43.4 Å². The van der Waals surface area contributed by atoms with E-state index in [1.54, 1.807) is 35.5 Å². The van der Waals surface area contributed by atoms with E-state index >= 15 is 0 Å². The Morgan fingerprint density at radius 1 is 0.721 bits per heavy atom. The molecule has 0 bridgehead atoms. The van der Waals surface area contributed by atoms with E-state index in [1.165, 1.54) is 5.56 Å². The molecular formula is C31H35N5O7. The highest BCUT2D eigenvalue weighted by molar-refractivity contribution is 5.94. The summed E-state index contributed by atoms with van der Waals surface area (Å²) < 4.78 is 38.8. The summed E-state index contributed by atoms with van der Waals surface area (Å²) >= 11 is 0. The Hall–Kier alpha value is -4.84. The van der Waals surface area contributed by atoms with E-state index in [4.69, 9.17) is 43.1 Å². The highest BCUT2D eigenvalue weighted by atomic mass is 16.7. The highest BCUT2D eigenvalue weighted by Gasteiger charge is 2.23. The predicted octanol–water partition coefficient (Wildman–Crippen LogP) is 4.47. The molecule has 0 aliphatic carbocycles. The van der Waals surface area contributed by atoms with Crippen LogP contribution in [0.5, 0.6) is 40.2 Å². The molecule has 4 aromatic rings. The first-order valence-electron chi connectivity index (χ1n) is 13.9. The number of fused-ring (bicyclic) bond motifs is 2. The van der Waals surface area contributed by atoms with E-state index in [-0.39, 0.29) is 6.79 Å². The topological polar surface area (TPSA) is 109 Å². The summed E-state index contributed by atoms with van der Waals surface area (Å²) in [5.74, 6) is 5.57. The van der Waals surface area contributed by atoms with Crippen LogP contribution in [0.1, 0.15) is 5.56 Å². The molecule has 3 heterocycles. The van der Waals surface area contributed by atoms with E-state index in [1.807, 2.05) is 30.3 Å². The molecule has 12 nitrogen and oxygen atoms in total. The van der Waals surface area contributed by atoms with Gasteiger partial charge in [0.2, 0.25) is 18.5 Å². The number of nitrogens with zero attached hydrogens (tertiary/aromatic N) is 4. The molecule has 1 N–H and O–H groups in total. The molecule has 0 unspecified atom stereocenters. The first-order valence-corrected chi connectivity index (χ1v) is 13.9.